The molecule has 1 rings (SSSR count). The molecule has 0 aliphatic carbocycles. The number of aliphatic carboxylic acids is 1. The number of nitrogens with zero attached hydrogens (tertiary/aromatic N) is 1. The Morgan fingerprint density at radius 3 is 2.50 bits per heavy atom. The van der Waals surface area contributed by atoms with Crippen LogP contribution in [0.5, 0.6) is 0 Å². The molecule has 1 saturated heterocycles. The molecule has 0 spiro atoms. The molecule has 0 aromatic heterocycles. The Morgan fingerprint density at radius 2 is 2.06 bits per heavy atom. The van der Waals surface area contributed by atoms with E-state index < -0.39 is 11.4 Å². The summed E-state index contributed by atoms with van der Waals surface area (Å²) in [6.45, 7) is 6.90. The number of rotatable bonds is 4. The van der Waals surface area contributed by atoms with Crippen molar-refractivity contribution in [2.24, 2.45) is 23.0 Å². The van der Waals surface area contributed by atoms with Crippen molar-refractivity contribution in [1.82, 2.24) is 4.90 Å². The van der Waals surface area contributed by atoms with Gasteiger partial charge in [-0.25, -0.2) is 0 Å². The molecule has 1 heterocycles. The molecule has 2 unspecified atom stereocenters. The molecule has 0 aromatic carbocycles. The fourth-order valence-electron chi connectivity index (χ4n) is 2.49. The summed E-state index contributed by atoms with van der Waals surface area (Å²) in [7, 11) is 0. The first-order chi connectivity index (χ1) is 8.31. The van der Waals surface area contributed by atoms with Crippen LogP contribution in [0, 0.1) is 17.3 Å². The minimum atomic E-state index is -0.825. The summed E-state index contributed by atoms with van der Waals surface area (Å²) in [4.78, 5) is 25.3. The summed E-state index contributed by atoms with van der Waals surface area (Å²) in [6, 6.07) is 0. The molecule has 5 heteroatoms. The highest BCUT2D eigenvalue weighted by molar-refractivity contribution is 5.81. The summed E-state index contributed by atoms with van der Waals surface area (Å²) >= 11 is 0. The first-order valence-electron chi connectivity index (χ1n) is 6.54. The van der Waals surface area contributed by atoms with Crippen LogP contribution in [-0.2, 0) is 9.59 Å². The molecule has 1 aliphatic rings. The molecule has 0 bridgehead atoms. The Morgan fingerprint density at radius 1 is 1.44 bits per heavy atom. The van der Waals surface area contributed by atoms with Gasteiger partial charge in [0.1, 0.15) is 0 Å². The Kier molecular flexibility index (Phi) is 4.73. The highest BCUT2D eigenvalue weighted by Crippen LogP contribution is 2.30. The van der Waals surface area contributed by atoms with E-state index in [4.69, 9.17) is 5.73 Å². The van der Waals surface area contributed by atoms with Crippen LogP contribution in [-0.4, -0.2) is 41.5 Å². The lowest BCUT2D eigenvalue weighted by Crippen LogP contribution is -2.51. The third-order valence-electron chi connectivity index (χ3n) is 3.90. The van der Waals surface area contributed by atoms with Crippen molar-refractivity contribution in [3.63, 3.8) is 0 Å². The van der Waals surface area contributed by atoms with Crippen LogP contribution in [0.15, 0.2) is 0 Å². The van der Waals surface area contributed by atoms with E-state index >= 15 is 0 Å². The first kappa shape index (κ1) is 15.0. The normalized spacial score (nSPS) is 26.2. The van der Waals surface area contributed by atoms with Gasteiger partial charge >= 0.3 is 5.97 Å². The van der Waals surface area contributed by atoms with Crippen molar-refractivity contribution >= 4 is 11.9 Å². The molecule has 5 nitrogen and oxygen atoms in total. The number of carboxylic acid groups (broad SMARTS) is 1. The number of carbonyl (C=O) groups excluding carboxylic acids is 1. The highest BCUT2D eigenvalue weighted by atomic mass is 16.4. The van der Waals surface area contributed by atoms with Gasteiger partial charge < -0.3 is 15.7 Å². The molecular formula is C13H24N2O3. The smallest absolute Gasteiger partial charge is 0.311 e. The first-order valence-corrected chi connectivity index (χ1v) is 6.54. The number of piperidine rings is 1. The van der Waals surface area contributed by atoms with Gasteiger partial charge in [0.05, 0.1) is 11.3 Å². The highest BCUT2D eigenvalue weighted by Gasteiger charge is 2.40. The maximum absolute atomic E-state index is 12.3. The van der Waals surface area contributed by atoms with Crippen molar-refractivity contribution in [3.8, 4) is 0 Å². The standard InChI is InChI=1S/C13H24N2O3/c1-9(2)10(7-14)11(16)15-6-4-5-13(3,8-15)12(17)18/h9-10H,4-8,14H2,1-3H3,(H,17,18). The number of amides is 1. The van der Waals surface area contributed by atoms with Crippen molar-refractivity contribution in [3.05, 3.63) is 0 Å². The maximum Gasteiger partial charge on any atom is 0.311 e. The molecule has 0 saturated carbocycles. The number of nitrogens with two attached hydrogens (primary N) is 1. The lowest BCUT2D eigenvalue weighted by Gasteiger charge is -2.39. The van der Waals surface area contributed by atoms with Crippen molar-refractivity contribution in [2.45, 2.75) is 33.6 Å². The second-order valence-corrected chi connectivity index (χ2v) is 5.82. The molecule has 18 heavy (non-hydrogen) atoms. The SMILES string of the molecule is CC(C)C(CN)C(=O)N1CCCC(C)(C(=O)O)C1. The number of hydrogen-bond donors (Lipinski definition) is 2. The summed E-state index contributed by atoms with van der Waals surface area (Å²) in [5.41, 5.74) is 4.83. The van der Waals surface area contributed by atoms with E-state index in [0.29, 0.717) is 26.1 Å². The van der Waals surface area contributed by atoms with Gasteiger partial charge in [0.15, 0.2) is 0 Å². The van der Waals surface area contributed by atoms with Gasteiger partial charge in [-0.05, 0) is 25.7 Å². The molecular weight excluding hydrogens is 232 g/mol. The molecule has 1 fully saturated rings. The van der Waals surface area contributed by atoms with Crippen LogP contribution >= 0.6 is 0 Å². The minimum absolute atomic E-state index is 0.000301. The second-order valence-electron chi connectivity index (χ2n) is 5.82. The fourth-order valence-corrected chi connectivity index (χ4v) is 2.49. The molecule has 0 radical (unpaired) electrons. The van der Waals surface area contributed by atoms with Gasteiger partial charge in [-0.15, -0.1) is 0 Å². The Labute approximate surface area is 108 Å². The van der Waals surface area contributed by atoms with Gasteiger partial charge in [-0.2, -0.15) is 0 Å². The van der Waals surface area contributed by atoms with Gasteiger partial charge in [0.25, 0.3) is 0 Å². The second kappa shape index (κ2) is 5.69. The quantitative estimate of drug-likeness (QED) is 0.783. The van der Waals surface area contributed by atoms with Gasteiger partial charge in [-0.1, -0.05) is 13.8 Å². The Hall–Kier alpha value is -1.10. The summed E-state index contributed by atoms with van der Waals surface area (Å²) in [5, 5.41) is 9.24. The lowest BCUT2D eigenvalue weighted by atomic mass is 9.81. The zero-order valence-corrected chi connectivity index (χ0v) is 11.5. The van der Waals surface area contributed by atoms with Gasteiger partial charge in [-0.3, -0.25) is 9.59 Å². The third-order valence-corrected chi connectivity index (χ3v) is 3.90. The number of carbonyl (C=O) groups is 2. The summed E-state index contributed by atoms with van der Waals surface area (Å²) in [5.74, 6) is -0.852. The zero-order chi connectivity index (χ0) is 13.9. The average Bonchev–Trinajstić information content (AvgIpc) is 2.29. The molecule has 3 N–H and O–H groups in total. The zero-order valence-electron chi connectivity index (χ0n) is 11.5. The minimum Gasteiger partial charge on any atom is -0.481 e. The van der Waals surface area contributed by atoms with E-state index in [0.717, 1.165) is 6.42 Å². The van der Waals surface area contributed by atoms with E-state index in [2.05, 4.69) is 0 Å². The monoisotopic (exact) mass is 256 g/mol. The fraction of sp³-hybridized carbons (Fsp3) is 0.846. The summed E-state index contributed by atoms with van der Waals surface area (Å²) in [6.07, 6.45) is 1.37. The van der Waals surface area contributed by atoms with Crippen LogP contribution in [0.3, 0.4) is 0 Å². The Balaban J connectivity index is 2.78. The molecule has 104 valence electrons. The Bertz CT molecular complexity index is 330. The van der Waals surface area contributed by atoms with Crippen LogP contribution in [0.4, 0.5) is 0 Å². The average molecular weight is 256 g/mol. The van der Waals surface area contributed by atoms with Gasteiger partial charge in [0.2, 0.25) is 5.91 Å². The predicted octanol–water partition coefficient (Wildman–Crippen LogP) is 0.931. The largest absolute Gasteiger partial charge is 0.481 e. The summed E-state index contributed by atoms with van der Waals surface area (Å²) < 4.78 is 0. The van der Waals surface area contributed by atoms with E-state index in [1.54, 1.807) is 11.8 Å². The van der Waals surface area contributed by atoms with E-state index in [1.807, 2.05) is 13.8 Å². The van der Waals surface area contributed by atoms with Crippen molar-refractivity contribution in [1.29, 1.82) is 0 Å². The van der Waals surface area contributed by atoms with Crippen molar-refractivity contribution < 1.29 is 14.7 Å². The van der Waals surface area contributed by atoms with Crippen molar-refractivity contribution in [2.75, 3.05) is 19.6 Å². The number of hydrogen-bond acceptors (Lipinski definition) is 3. The van der Waals surface area contributed by atoms with Gasteiger partial charge in [0, 0.05) is 19.6 Å². The predicted molar refractivity (Wildman–Crippen MR) is 68.9 cm³/mol. The van der Waals surface area contributed by atoms with Crippen LogP contribution < -0.4 is 5.73 Å². The van der Waals surface area contributed by atoms with Crippen LogP contribution in [0.1, 0.15) is 33.6 Å². The lowest BCUT2D eigenvalue weighted by molar-refractivity contribution is -0.154. The van der Waals surface area contributed by atoms with Crippen LogP contribution in [0.2, 0.25) is 0 Å². The topological polar surface area (TPSA) is 83.6 Å². The van der Waals surface area contributed by atoms with E-state index in [1.165, 1.54) is 0 Å². The molecule has 1 amide bonds. The van der Waals surface area contributed by atoms with E-state index in [9.17, 15) is 14.7 Å². The van der Waals surface area contributed by atoms with Crippen LogP contribution in [0.25, 0.3) is 0 Å². The third kappa shape index (κ3) is 3.02. The maximum atomic E-state index is 12.3. The molecule has 1 aliphatic heterocycles. The number of likely N-dealkylation sites (tertiary alicyclic amines) is 1. The molecule has 2 atom stereocenters. The number of carboxylic acids is 1. The molecule has 0 aromatic rings. The van der Waals surface area contributed by atoms with E-state index in [-0.39, 0.29) is 17.7 Å².